The fourth-order valence-electron chi connectivity index (χ4n) is 2.66. The van der Waals surface area contributed by atoms with Gasteiger partial charge < -0.3 is 46.8 Å². The molecule has 24 heteroatoms. The first-order valence-electron chi connectivity index (χ1n) is 10.7. The van der Waals surface area contributed by atoms with Crippen LogP contribution in [0.2, 0.25) is 0 Å². The number of aromatic nitrogens is 6. The van der Waals surface area contributed by atoms with E-state index in [0.29, 0.717) is 0 Å². The minimum Gasteiger partial charge on any atom is -0.352 e. The lowest BCUT2D eigenvalue weighted by Crippen LogP contribution is -2.32. The first-order valence-corrected chi connectivity index (χ1v) is 16.9. The third-order valence-electron chi connectivity index (χ3n) is 4.82. The zero-order chi connectivity index (χ0) is 30.2. The Kier molecular flexibility index (Phi) is 12.4. The van der Waals surface area contributed by atoms with Crippen LogP contribution in [0.1, 0.15) is 0 Å². The summed E-state index contributed by atoms with van der Waals surface area (Å²) in [6.07, 6.45) is 0. The molecule has 0 aromatic carbocycles. The summed E-state index contributed by atoms with van der Waals surface area (Å²) in [6.45, 7) is 0.0679. The van der Waals surface area contributed by atoms with Gasteiger partial charge in [-0.3, -0.25) is 18.3 Å². The molecule has 0 aliphatic heterocycles. The van der Waals surface area contributed by atoms with Gasteiger partial charge in [0.15, 0.2) is 0 Å². The average molecular weight is 650 g/mol. The van der Waals surface area contributed by atoms with Gasteiger partial charge in [-0.2, -0.15) is 29.9 Å². The van der Waals surface area contributed by atoms with Gasteiger partial charge in [0.1, 0.15) is 0 Å². The molecule has 0 aliphatic rings. The fraction of sp³-hybridized carbons (Fsp3) is 0.625. The third-order valence-corrected chi connectivity index (χ3v) is 11.4. The Balaban J connectivity index is 2.38. The van der Waals surface area contributed by atoms with Gasteiger partial charge in [-0.1, -0.05) is 0 Å². The highest BCUT2D eigenvalue weighted by Gasteiger charge is 2.37. The first-order chi connectivity index (χ1) is 18.9. The van der Waals surface area contributed by atoms with E-state index >= 15 is 0 Å². The standard InChI is InChI=1S/C16H30N8O12P4/c1-29-37(25,30-2)13-19-11(20-14(23-13)38(26,31-3)32-4)17-9-10-18-12-21-15(39(27,33-5)34-6)24-16(22-12)40(28,35-7)36-8/h9-10H2,1-8H3,(H,17,19,20,23)(H,18,21,22,24). The van der Waals surface area contributed by atoms with Crippen LogP contribution in [0.3, 0.4) is 0 Å². The van der Waals surface area contributed by atoms with Crippen LogP contribution >= 0.6 is 30.4 Å². The number of nitrogens with one attached hydrogen (secondary N) is 2. The molecule has 0 bridgehead atoms. The molecule has 0 unspecified atom stereocenters. The van der Waals surface area contributed by atoms with E-state index in [1.807, 2.05) is 0 Å². The van der Waals surface area contributed by atoms with Crippen LogP contribution < -0.4 is 32.9 Å². The minimum absolute atomic E-state index is 0.0339. The quantitative estimate of drug-likeness (QED) is 0.169. The summed E-state index contributed by atoms with van der Waals surface area (Å²) in [6, 6.07) is 0. The predicted molar refractivity (Wildman–Crippen MR) is 142 cm³/mol. The van der Waals surface area contributed by atoms with Gasteiger partial charge in [0, 0.05) is 70.0 Å². The van der Waals surface area contributed by atoms with Crippen molar-refractivity contribution in [3.05, 3.63) is 0 Å². The minimum atomic E-state index is -4.00. The summed E-state index contributed by atoms with van der Waals surface area (Å²) in [5.74, 6) is -0.372. The van der Waals surface area contributed by atoms with Crippen LogP contribution in [0.4, 0.5) is 11.9 Å². The van der Waals surface area contributed by atoms with Crippen molar-refractivity contribution in [2.24, 2.45) is 0 Å². The molecule has 2 rings (SSSR count). The second kappa shape index (κ2) is 14.4. The monoisotopic (exact) mass is 650 g/mol. The van der Waals surface area contributed by atoms with Crippen LogP contribution in [0.5, 0.6) is 0 Å². The highest BCUT2D eigenvalue weighted by molar-refractivity contribution is 7.63. The van der Waals surface area contributed by atoms with E-state index < -0.39 is 52.6 Å². The molecule has 2 aromatic rings. The van der Waals surface area contributed by atoms with E-state index in [1.54, 1.807) is 0 Å². The largest absolute Gasteiger partial charge is 0.398 e. The molecule has 2 aromatic heterocycles. The van der Waals surface area contributed by atoms with E-state index in [1.165, 1.54) is 0 Å². The van der Waals surface area contributed by atoms with Crippen molar-refractivity contribution < 1.29 is 54.5 Å². The van der Waals surface area contributed by atoms with Crippen molar-refractivity contribution in [2.45, 2.75) is 0 Å². The fourth-order valence-corrected chi connectivity index (χ4v) is 6.45. The maximum atomic E-state index is 12.9. The molecular formula is C16H30N8O12P4. The van der Waals surface area contributed by atoms with Gasteiger partial charge in [0.25, 0.3) is 0 Å². The van der Waals surface area contributed by atoms with Crippen LogP contribution in [0, 0.1) is 0 Å². The number of rotatable bonds is 17. The highest BCUT2D eigenvalue weighted by Crippen LogP contribution is 2.47. The summed E-state index contributed by atoms with van der Waals surface area (Å²) in [5, 5.41) is 5.60. The molecule has 0 amide bonds. The zero-order valence-electron chi connectivity index (χ0n) is 22.8. The molecule has 40 heavy (non-hydrogen) atoms. The SMILES string of the molecule is COP(=O)(OC)c1nc(NCCNc2nc(P(=O)(OC)OC)nc(P(=O)(OC)OC)n2)nc(P(=O)(OC)OC)n1. The molecule has 0 atom stereocenters. The van der Waals surface area contributed by atoms with Crippen molar-refractivity contribution in [3.63, 3.8) is 0 Å². The van der Waals surface area contributed by atoms with Crippen molar-refractivity contribution in [2.75, 3.05) is 80.6 Å². The molecule has 0 radical (unpaired) electrons. The van der Waals surface area contributed by atoms with E-state index in [-0.39, 0.29) is 25.0 Å². The average Bonchev–Trinajstić information content (AvgIpc) is 3.00. The molecule has 0 aliphatic carbocycles. The first kappa shape index (κ1) is 34.4. The van der Waals surface area contributed by atoms with Crippen LogP contribution in [0.15, 0.2) is 0 Å². The molecule has 226 valence electrons. The van der Waals surface area contributed by atoms with Gasteiger partial charge in [-0.05, 0) is 0 Å². The highest BCUT2D eigenvalue weighted by atomic mass is 31.2. The molecule has 0 saturated heterocycles. The Labute approximate surface area is 229 Å². The van der Waals surface area contributed by atoms with Gasteiger partial charge in [-0.15, -0.1) is 0 Å². The lowest BCUT2D eigenvalue weighted by Gasteiger charge is -2.17. The number of hydrogen-bond acceptors (Lipinski definition) is 20. The van der Waals surface area contributed by atoms with Crippen molar-refractivity contribution >= 4 is 64.5 Å². The van der Waals surface area contributed by atoms with Crippen LogP contribution in [0.25, 0.3) is 0 Å². The topological polar surface area (TPSA) is 244 Å². The van der Waals surface area contributed by atoms with Gasteiger partial charge in [0.2, 0.25) is 34.2 Å². The molecule has 20 nitrogen and oxygen atoms in total. The molecule has 0 spiro atoms. The van der Waals surface area contributed by atoms with E-state index in [4.69, 9.17) is 36.2 Å². The maximum Gasteiger partial charge on any atom is 0.398 e. The molecular weight excluding hydrogens is 620 g/mol. The zero-order valence-corrected chi connectivity index (χ0v) is 26.4. The van der Waals surface area contributed by atoms with Crippen molar-refractivity contribution in [3.8, 4) is 0 Å². The Morgan fingerprint density at radius 1 is 0.425 bits per heavy atom. The molecule has 2 heterocycles. The van der Waals surface area contributed by atoms with Gasteiger partial charge in [-0.25, -0.2) is 0 Å². The van der Waals surface area contributed by atoms with Gasteiger partial charge in [0.05, 0.1) is 0 Å². The van der Waals surface area contributed by atoms with E-state index in [0.717, 1.165) is 56.9 Å². The smallest absolute Gasteiger partial charge is 0.352 e. The van der Waals surface area contributed by atoms with Crippen molar-refractivity contribution in [1.82, 2.24) is 29.9 Å². The second-order valence-corrected chi connectivity index (χ2v) is 15.3. The third kappa shape index (κ3) is 7.53. The van der Waals surface area contributed by atoms with Crippen LogP contribution in [-0.2, 0) is 54.5 Å². The van der Waals surface area contributed by atoms with Gasteiger partial charge >= 0.3 is 30.4 Å². The molecule has 2 N–H and O–H groups in total. The Bertz CT molecular complexity index is 1150. The normalized spacial score (nSPS) is 12.9. The summed E-state index contributed by atoms with van der Waals surface area (Å²) in [7, 11) is -7.05. The summed E-state index contributed by atoms with van der Waals surface area (Å²) in [4.78, 5) is 23.9. The Morgan fingerprint density at radius 2 is 0.625 bits per heavy atom. The van der Waals surface area contributed by atoms with Crippen LogP contribution in [-0.4, -0.2) is 99.9 Å². The lowest BCUT2D eigenvalue weighted by atomic mass is 10.6. The molecule has 0 saturated carbocycles. The number of hydrogen-bond donors (Lipinski definition) is 2. The number of nitrogens with zero attached hydrogens (tertiary/aromatic N) is 6. The maximum absolute atomic E-state index is 12.9. The van der Waals surface area contributed by atoms with Crippen molar-refractivity contribution in [1.29, 1.82) is 0 Å². The number of anilines is 2. The predicted octanol–water partition coefficient (Wildman–Crippen LogP) is 0.0254. The Morgan fingerprint density at radius 3 is 0.800 bits per heavy atom. The summed E-state index contributed by atoms with van der Waals surface area (Å²) < 4.78 is 90.9. The van der Waals surface area contributed by atoms with E-state index in [9.17, 15) is 18.3 Å². The summed E-state index contributed by atoms with van der Waals surface area (Å²) >= 11 is 0. The van der Waals surface area contributed by atoms with E-state index in [2.05, 4.69) is 40.5 Å². The molecule has 0 fully saturated rings. The summed E-state index contributed by atoms with van der Waals surface area (Å²) in [5.41, 5.74) is -1.82. The second-order valence-electron chi connectivity index (χ2n) is 6.82. The lowest BCUT2D eigenvalue weighted by molar-refractivity contribution is 0.282. The Hall–Kier alpha value is -1.78.